The van der Waals surface area contributed by atoms with Crippen molar-refractivity contribution < 1.29 is 0 Å². The second-order valence-corrected chi connectivity index (χ2v) is 2.23. The van der Waals surface area contributed by atoms with Gasteiger partial charge in [0.25, 0.3) is 0 Å². The molecular formula is C8H9Cl2N. The Labute approximate surface area is 76.7 Å². The van der Waals surface area contributed by atoms with Crippen LogP contribution in [0.15, 0.2) is 35.5 Å². The Bertz CT molecular complexity index is 193. The second-order valence-electron chi connectivity index (χ2n) is 1.72. The maximum atomic E-state index is 4.87. The lowest BCUT2D eigenvalue weighted by Gasteiger charge is -1.82. The normalized spacial score (nSPS) is 9.00. The van der Waals surface area contributed by atoms with Crippen molar-refractivity contribution in [2.45, 2.75) is 6.92 Å². The number of pyridine rings is 1. The largest absolute Gasteiger partial charge is 0.262 e. The summed E-state index contributed by atoms with van der Waals surface area (Å²) in [5, 5.41) is 0. The lowest BCUT2D eigenvalue weighted by atomic mass is 10.4. The third kappa shape index (κ3) is 7.37. The molecule has 1 aromatic rings. The first kappa shape index (κ1) is 10.5. The average Bonchev–Trinajstić information content (AvgIpc) is 2.07. The van der Waals surface area contributed by atoms with Gasteiger partial charge in [-0.1, -0.05) is 29.3 Å². The van der Waals surface area contributed by atoms with Gasteiger partial charge in [0.1, 0.15) is 0 Å². The van der Waals surface area contributed by atoms with Gasteiger partial charge in [0.15, 0.2) is 0 Å². The summed E-state index contributed by atoms with van der Waals surface area (Å²) < 4.78 is 0. The lowest BCUT2D eigenvalue weighted by molar-refractivity contribution is 1.20. The van der Waals surface area contributed by atoms with Crippen LogP contribution in [-0.2, 0) is 0 Å². The number of hydrogen-bond acceptors (Lipinski definition) is 1. The van der Waals surface area contributed by atoms with Crippen LogP contribution in [0, 0.1) is 6.92 Å². The van der Waals surface area contributed by atoms with E-state index < -0.39 is 0 Å². The molecular weight excluding hydrogens is 181 g/mol. The van der Waals surface area contributed by atoms with Crippen LogP contribution in [0.25, 0.3) is 0 Å². The molecule has 0 aliphatic heterocycles. The van der Waals surface area contributed by atoms with E-state index in [-0.39, 0.29) is 0 Å². The molecule has 0 aliphatic rings. The summed E-state index contributed by atoms with van der Waals surface area (Å²) >= 11 is 9.75. The molecule has 0 N–H and O–H groups in total. The molecule has 0 fully saturated rings. The van der Waals surface area contributed by atoms with E-state index in [4.69, 9.17) is 23.2 Å². The summed E-state index contributed by atoms with van der Waals surface area (Å²) in [4.78, 5) is 3.98. The first-order valence-electron chi connectivity index (χ1n) is 3.04. The summed E-state index contributed by atoms with van der Waals surface area (Å²) in [5.41, 5.74) is 3.55. The minimum Gasteiger partial charge on any atom is -0.262 e. The fraction of sp³-hybridized carbons (Fsp3) is 0.125. The van der Waals surface area contributed by atoms with Crippen molar-refractivity contribution in [2.24, 2.45) is 0 Å². The molecule has 1 nitrogen and oxygen atoms in total. The lowest BCUT2D eigenvalue weighted by Crippen LogP contribution is -1.72. The molecule has 0 bridgehead atoms. The first-order valence-corrected chi connectivity index (χ1v) is 3.91. The van der Waals surface area contributed by atoms with Gasteiger partial charge in [-0.2, -0.15) is 0 Å². The number of rotatable bonds is 0. The highest BCUT2D eigenvalue weighted by atomic mass is 35.5. The minimum absolute atomic E-state index is 1.07. The van der Waals surface area contributed by atoms with Crippen LogP contribution < -0.4 is 0 Å². The van der Waals surface area contributed by atoms with Crippen molar-refractivity contribution in [2.75, 3.05) is 0 Å². The summed E-state index contributed by atoms with van der Waals surface area (Å²) in [7, 11) is 0. The third-order valence-corrected chi connectivity index (χ3v) is 1.24. The van der Waals surface area contributed by atoms with Gasteiger partial charge >= 0.3 is 0 Å². The molecule has 60 valence electrons. The fourth-order valence-corrected chi connectivity index (χ4v) is 0.448. The third-order valence-electron chi connectivity index (χ3n) is 0.860. The van der Waals surface area contributed by atoms with Crippen LogP contribution in [0.5, 0.6) is 0 Å². The van der Waals surface area contributed by atoms with Crippen LogP contribution in [0.1, 0.15) is 5.69 Å². The predicted molar refractivity (Wildman–Crippen MR) is 49.8 cm³/mol. The highest BCUT2D eigenvalue weighted by Crippen LogP contribution is 1.86. The van der Waals surface area contributed by atoms with Crippen molar-refractivity contribution in [3.8, 4) is 0 Å². The van der Waals surface area contributed by atoms with Gasteiger partial charge in [0.05, 0.1) is 0 Å². The van der Waals surface area contributed by atoms with Crippen molar-refractivity contribution in [3.63, 3.8) is 0 Å². The zero-order chi connectivity index (χ0) is 8.53. The smallest absolute Gasteiger partial charge is 0.0372 e. The van der Waals surface area contributed by atoms with Crippen molar-refractivity contribution >= 4 is 23.2 Å². The van der Waals surface area contributed by atoms with Gasteiger partial charge in [-0.05, 0) is 19.1 Å². The summed E-state index contributed by atoms with van der Waals surface area (Å²) in [6.45, 7) is 1.97. The van der Waals surface area contributed by atoms with Crippen LogP contribution in [0.2, 0.25) is 0 Å². The van der Waals surface area contributed by atoms with Crippen LogP contribution in [-0.4, -0.2) is 4.98 Å². The van der Waals surface area contributed by atoms with E-state index in [1.807, 2.05) is 25.1 Å². The molecule has 0 amide bonds. The van der Waals surface area contributed by atoms with E-state index >= 15 is 0 Å². The first-order chi connectivity index (χ1) is 5.31. The van der Waals surface area contributed by atoms with Gasteiger partial charge in [0.2, 0.25) is 0 Å². The number of aryl methyl sites for hydroxylation is 1. The molecule has 0 saturated heterocycles. The van der Waals surface area contributed by atoms with Crippen LogP contribution in [0.4, 0.5) is 0 Å². The number of hydrogen-bond donors (Lipinski definition) is 0. The molecule has 1 aromatic heterocycles. The van der Waals surface area contributed by atoms with Crippen molar-refractivity contribution in [3.05, 3.63) is 41.2 Å². The summed E-state index contributed by atoms with van der Waals surface area (Å²) in [6, 6.07) is 5.86. The van der Waals surface area contributed by atoms with E-state index in [2.05, 4.69) is 4.98 Å². The van der Waals surface area contributed by atoms with Gasteiger partial charge in [0, 0.05) is 23.0 Å². The summed E-state index contributed by atoms with van der Waals surface area (Å²) in [6.07, 6.45) is 1.79. The number of aromatic nitrogens is 1. The van der Waals surface area contributed by atoms with Crippen molar-refractivity contribution in [1.29, 1.82) is 0 Å². The molecule has 3 heteroatoms. The maximum absolute atomic E-state index is 4.87. The van der Waals surface area contributed by atoms with E-state index in [1.54, 1.807) is 6.20 Å². The molecule has 0 atom stereocenters. The highest BCUT2D eigenvalue weighted by molar-refractivity contribution is 6.33. The Morgan fingerprint density at radius 1 is 1.27 bits per heavy atom. The SMILES string of the molecule is Cc1ccccn1.ClC=CCl. The number of halogens is 2. The quantitative estimate of drug-likeness (QED) is 0.611. The molecule has 0 unspecified atom stereocenters. The van der Waals surface area contributed by atoms with E-state index in [1.165, 1.54) is 11.1 Å². The Morgan fingerprint density at radius 3 is 2.09 bits per heavy atom. The Hall–Kier alpha value is -0.530. The minimum atomic E-state index is 1.07. The maximum Gasteiger partial charge on any atom is 0.0372 e. The van der Waals surface area contributed by atoms with E-state index in [9.17, 15) is 0 Å². The van der Waals surface area contributed by atoms with E-state index in [0.717, 1.165) is 5.69 Å². The highest BCUT2D eigenvalue weighted by Gasteiger charge is 1.73. The van der Waals surface area contributed by atoms with Crippen LogP contribution >= 0.6 is 23.2 Å². The van der Waals surface area contributed by atoms with Crippen LogP contribution in [0.3, 0.4) is 0 Å². The molecule has 1 heterocycles. The average molecular weight is 190 g/mol. The zero-order valence-electron chi connectivity index (χ0n) is 6.17. The fourth-order valence-electron chi connectivity index (χ4n) is 0.448. The topological polar surface area (TPSA) is 12.9 Å². The molecule has 0 aromatic carbocycles. The molecule has 0 aliphatic carbocycles. The number of nitrogens with zero attached hydrogens (tertiary/aromatic N) is 1. The molecule has 0 radical (unpaired) electrons. The zero-order valence-corrected chi connectivity index (χ0v) is 7.68. The standard InChI is InChI=1S/C6H7N.C2H2Cl2/c1-6-4-2-3-5-7-6;3-1-2-4/h2-5H,1H3;1-2H. The molecule has 0 saturated carbocycles. The van der Waals surface area contributed by atoms with Gasteiger partial charge in [-0.15, -0.1) is 0 Å². The Morgan fingerprint density at radius 2 is 1.91 bits per heavy atom. The van der Waals surface area contributed by atoms with Gasteiger partial charge < -0.3 is 0 Å². The van der Waals surface area contributed by atoms with Gasteiger partial charge in [-0.3, -0.25) is 4.98 Å². The van der Waals surface area contributed by atoms with E-state index in [0.29, 0.717) is 0 Å². The monoisotopic (exact) mass is 189 g/mol. The predicted octanol–water partition coefficient (Wildman–Crippen LogP) is 3.33. The second kappa shape index (κ2) is 7.58. The molecule has 11 heavy (non-hydrogen) atoms. The summed E-state index contributed by atoms with van der Waals surface area (Å²) in [5.74, 6) is 0. The van der Waals surface area contributed by atoms with Gasteiger partial charge in [-0.25, -0.2) is 0 Å². The molecule has 0 spiro atoms. The van der Waals surface area contributed by atoms with Crippen molar-refractivity contribution in [1.82, 2.24) is 4.98 Å². The Balaban J connectivity index is 0.000000218. The Kier molecular flexibility index (Phi) is 7.21. The molecule has 1 rings (SSSR count).